The van der Waals surface area contributed by atoms with Crippen LogP contribution in [0.4, 0.5) is 0 Å². The van der Waals surface area contributed by atoms with E-state index in [1.54, 1.807) is 0 Å². The first-order valence-corrected chi connectivity index (χ1v) is 18.1. The molecule has 0 rings (SSSR count). The van der Waals surface area contributed by atoms with E-state index >= 15 is 0 Å². The van der Waals surface area contributed by atoms with Crippen LogP contribution in [0.15, 0.2) is 0 Å². The van der Waals surface area contributed by atoms with Gasteiger partial charge in [-0.1, -0.05) is 168 Å². The molecular formula is C36H74O6. The number of carboxylic acids is 2. The molecule has 0 heterocycles. The summed E-state index contributed by atoms with van der Waals surface area (Å²) in [6.07, 6.45) is 36.0. The van der Waals surface area contributed by atoms with Gasteiger partial charge in [-0.25, -0.2) is 0 Å². The lowest BCUT2D eigenvalue weighted by Crippen LogP contribution is -1.93. The molecule has 0 saturated heterocycles. The Labute approximate surface area is 261 Å². The number of rotatable bonds is 31. The van der Waals surface area contributed by atoms with E-state index in [-0.39, 0.29) is 13.2 Å². The average Bonchev–Trinajstić information content (AvgIpc) is 2.97. The minimum absolute atomic E-state index is 0.195. The first kappa shape index (κ1) is 45.3. The first-order valence-electron chi connectivity index (χ1n) is 18.1. The van der Waals surface area contributed by atoms with Crippen molar-refractivity contribution < 1.29 is 30.0 Å². The van der Waals surface area contributed by atoms with Gasteiger partial charge in [0.25, 0.3) is 0 Å². The van der Waals surface area contributed by atoms with E-state index < -0.39 is 11.9 Å². The van der Waals surface area contributed by atoms with Crippen LogP contribution in [-0.2, 0) is 9.59 Å². The number of hydrogen-bond acceptors (Lipinski definition) is 4. The number of aliphatic hydroxyl groups excluding tert-OH is 2. The van der Waals surface area contributed by atoms with Gasteiger partial charge in [0.2, 0.25) is 0 Å². The number of carboxylic acid groups (broad SMARTS) is 2. The van der Waals surface area contributed by atoms with Crippen LogP contribution in [-0.4, -0.2) is 45.6 Å². The van der Waals surface area contributed by atoms with Crippen molar-refractivity contribution in [3.05, 3.63) is 0 Å². The Kier molecular flexibility index (Phi) is 47.8. The van der Waals surface area contributed by atoms with Crippen molar-refractivity contribution in [2.75, 3.05) is 13.2 Å². The van der Waals surface area contributed by atoms with Crippen LogP contribution in [0.2, 0.25) is 0 Å². The normalized spacial score (nSPS) is 10.5. The highest BCUT2D eigenvalue weighted by molar-refractivity contribution is 5.66. The fraction of sp³-hybridized carbons (Fsp3) is 0.944. The lowest BCUT2D eigenvalue weighted by molar-refractivity contribution is -0.138. The standard InChI is InChI=1S/2C16H32O2.C4H10O2/c2*1-2-3-4-5-6-7-8-9-10-11-12-13-14-15-16(17)18;5-3-1-2-4-6/h2*2-15H2,1H3,(H,17,18);5-6H,1-4H2. The molecule has 42 heavy (non-hydrogen) atoms. The average molecular weight is 603 g/mol. The first-order chi connectivity index (χ1) is 20.5. The Morgan fingerprint density at radius 3 is 0.690 bits per heavy atom. The molecule has 6 heteroatoms. The molecule has 0 atom stereocenters. The largest absolute Gasteiger partial charge is 0.481 e. The summed E-state index contributed by atoms with van der Waals surface area (Å²) in [5.74, 6) is -1.31. The molecule has 0 aliphatic carbocycles. The predicted molar refractivity (Wildman–Crippen MR) is 179 cm³/mol. The molecule has 0 spiro atoms. The summed E-state index contributed by atoms with van der Waals surface area (Å²) in [6.45, 7) is 4.91. The summed E-state index contributed by atoms with van der Waals surface area (Å²) in [5.41, 5.74) is 0. The van der Waals surface area contributed by atoms with E-state index in [4.69, 9.17) is 20.4 Å². The van der Waals surface area contributed by atoms with Crippen molar-refractivity contribution in [3.8, 4) is 0 Å². The second-order valence-electron chi connectivity index (χ2n) is 11.9. The maximum absolute atomic E-state index is 10.3. The van der Waals surface area contributed by atoms with Crippen molar-refractivity contribution in [2.45, 2.75) is 206 Å². The number of hydrogen-bond donors (Lipinski definition) is 4. The van der Waals surface area contributed by atoms with E-state index in [2.05, 4.69) is 13.8 Å². The van der Waals surface area contributed by atoms with Crippen LogP contribution in [0.5, 0.6) is 0 Å². The smallest absolute Gasteiger partial charge is 0.303 e. The molecule has 0 bridgehead atoms. The van der Waals surface area contributed by atoms with E-state index in [9.17, 15) is 9.59 Å². The summed E-state index contributed by atoms with van der Waals surface area (Å²) < 4.78 is 0. The van der Waals surface area contributed by atoms with Crippen LogP contribution < -0.4 is 0 Å². The maximum atomic E-state index is 10.3. The molecule has 0 aromatic carbocycles. The van der Waals surface area contributed by atoms with Crippen LogP contribution in [0.1, 0.15) is 206 Å². The van der Waals surface area contributed by atoms with Crippen LogP contribution in [0.25, 0.3) is 0 Å². The molecule has 0 amide bonds. The van der Waals surface area contributed by atoms with Crippen molar-refractivity contribution in [1.82, 2.24) is 0 Å². The van der Waals surface area contributed by atoms with Crippen molar-refractivity contribution in [3.63, 3.8) is 0 Å². The van der Waals surface area contributed by atoms with Crippen molar-refractivity contribution >= 4 is 11.9 Å². The van der Waals surface area contributed by atoms with Crippen molar-refractivity contribution in [2.24, 2.45) is 0 Å². The Balaban J connectivity index is -0.000000607. The van der Waals surface area contributed by atoms with Gasteiger partial charge in [0.1, 0.15) is 0 Å². The van der Waals surface area contributed by atoms with Crippen LogP contribution in [0.3, 0.4) is 0 Å². The van der Waals surface area contributed by atoms with Gasteiger partial charge in [-0.15, -0.1) is 0 Å². The van der Waals surface area contributed by atoms with Crippen LogP contribution in [0, 0.1) is 0 Å². The highest BCUT2D eigenvalue weighted by atomic mass is 16.4. The minimum Gasteiger partial charge on any atom is -0.481 e. The third-order valence-electron chi connectivity index (χ3n) is 7.55. The molecule has 254 valence electrons. The number of carbonyl (C=O) groups is 2. The zero-order chi connectivity index (χ0) is 31.8. The fourth-order valence-electron chi connectivity index (χ4n) is 4.81. The van der Waals surface area contributed by atoms with Gasteiger partial charge in [-0.3, -0.25) is 9.59 Å². The number of unbranched alkanes of at least 4 members (excludes halogenated alkanes) is 25. The Bertz CT molecular complexity index is 453. The van der Waals surface area contributed by atoms with E-state index in [1.165, 1.54) is 141 Å². The minimum atomic E-state index is -0.655. The molecule has 0 saturated carbocycles. The second kappa shape index (κ2) is 44.3. The van der Waals surface area contributed by atoms with E-state index in [1.807, 2.05) is 0 Å². The second-order valence-corrected chi connectivity index (χ2v) is 11.9. The van der Waals surface area contributed by atoms with Crippen LogP contribution >= 0.6 is 0 Å². The third kappa shape index (κ3) is 54.9. The van der Waals surface area contributed by atoms with E-state index in [0.29, 0.717) is 12.8 Å². The fourth-order valence-corrected chi connectivity index (χ4v) is 4.81. The number of aliphatic carboxylic acids is 2. The van der Waals surface area contributed by atoms with Gasteiger partial charge in [0, 0.05) is 26.1 Å². The van der Waals surface area contributed by atoms with Gasteiger partial charge >= 0.3 is 11.9 Å². The summed E-state index contributed by atoms with van der Waals surface area (Å²) in [7, 11) is 0. The highest BCUT2D eigenvalue weighted by Crippen LogP contribution is 2.14. The quantitative estimate of drug-likeness (QED) is 0.0587. The zero-order valence-electron chi connectivity index (χ0n) is 28.2. The molecule has 0 aliphatic heterocycles. The molecule has 4 N–H and O–H groups in total. The molecule has 0 aromatic rings. The van der Waals surface area contributed by atoms with Crippen molar-refractivity contribution in [1.29, 1.82) is 0 Å². The van der Waals surface area contributed by atoms with E-state index in [0.717, 1.165) is 38.5 Å². The lowest BCUT2D eigenvalue weighted by atomic mass is 10.0. The molecule has 0 aliphatic rings. The predicted octanol–water partition coefficient (Wildman–Crippen LogP) is 10.9. The zero-order valence-corrected chi connectivity index (χ0v) is 28.2. The lowest BCUT2D eigenvalue weighted by Gasteiger charge is -2.02. The third-order valence-corrected chi connectivity index (χ3v) is 7.55. The Morgan fingerprint density at radius 1 is 0.333 bits per heavy atom. The topological polar surface area (TPSA) is 115 Å². The van der Waals surface area contributed by atoms with Gasteiger partial charge in [0.05, 0.1) is 0 Å². The molecule has 0 unspecified atom stereocenters. The SMILES string of the molecule is CCCCCCCCCCCCCCCC(=O)O.CCCCCCCCCCCCCCCC(=O)O.OCCCCO. The molecule has 0 aromatic heterocycles. The summed E-state index contributed by atoms with van der Waals surface area (Å²) in [4.78, 5) is 20.6. The highest BCUT2D eigenvalue weighted by Gasteiger charge is 1.98. The van der Waals surface area contributed by atoms with Gasteiger partial charge in [-0.2, -0.15) is 0 Å². The number of aliphatic hydroxyl groups is 2. The summed E-state index contributed by atoms with van der Waals surface area (Å²) in [5, 5.41) is 33.2. The summed E-state index contributed by atoms with van der Waals surface area (Å²) >= 11 is 0. The Hall–Kier alpha value is -1.14. The molecule has 0 radical (unpaired) electrons. The summed E-state index contributed by atoms with van der Waals surface area (Å²) in [6, 6.07) is 0. The maximum Gasteiger partial charge on any atom is 0.303 e. The molecule has 0 fully saturated rings. The molecular weight excluding hydrogens is 528 g/mol. The Morgan fingerprint density at radius 2 is 0.524 bits per heavy atom. The monoisotopic (exact) mass is 603 g/mol. The van der Waals surface area contributed by atoms with Gasteiger partial charge in [0.15, 0.2) is 0 Å². The van der Waals surface area contributed by atoms with Gasteiger partial charge in [-0.05, 0) is 25.7 Å². The molecule has 6 nitrogen and oxygen atoms in total. The van der Waals surface area contributed by atoms with Gasteiger partial charge < -0.3 is 20.4 Å².